The van der Waals surface area contributed by atoms with E-state index >= 15 is 0 Å². The maximum atomic E-state index is 11.8. The molecule has 0 aromatic rings. The molecule has 1 unspecified atom stereocenters. The molecule has 14 heteroatoms. The molecule has 0 bridgehead atoms. The normalized spacial score (nSPS) is 14.3. The summed E-state index contributed by atoms with van der Waals surface area (Å²) in [5.74, 6) is -0.974. The van der Waals surface area contributed by atoms with Crippen LogP contribution in [0.25, 0.3) is 0 Å². The van der Waals surface area contributed by atoms with Crippen LogP contribution in [0.1, 0.15) is 52.9 Å². The van der Waals surface area contributed by atoms with Gasteiger partial charge in [-0.25, -0.2) is 9.59 Å². The third-order valence-corrected chi connectivity index (χ3v) is 4.92. The molecule has 14 nitrogen and oxygen atoms in total. The third kappa shape index (κ3) is 16.8. The van der Waals surface area contributed by atoms with Crippen molar-refractivity contribution < 1.29 is 38.2 Å². The van der Waals surface area contributed by atoms with E-state index in [4.69, 9.17) is 9.47 Å². The van der Waals surface area contributed by atoms with Crippen molar-refractivity contribution in [2.24, 2.45) is 0 Å². The van der Waals surface area contributed by atoms with Crippen LogP contribution in [0.3, 0.4) is 0 Å². The van der Waals surface area contributed by atoms with Crippen LogP contribution in [0, 0.1) is 0 Å². The second kappa shape index (κ2) is 20.7. The Bertz CT molecular complexity index is 727. The number of nitrogens with zero attached hydrogens (tertiary/aromatic N) is 1. The molecule has 0 radical (unpaired) electrons. The summed E-state index contributed by atoms with van der Waals surface area (Å²) in [7, 11) is 1.62. The van der Waals surface area contributed by atoms with Crippen molar-refractivity contribution >= 4 is 35.8 Å². The van der Waals surface area contributed by atoms with Gasteiger partial charge in [0, 0.05) is 46.1 Å². The Balaban J connectivity index is 0.000000712. The summed E-state index contributed by atoms with van der Waals surface area (Å²) in [6.07, 6.45) is 2.10. The number of alkyl carbamates (subject to hydrolysis) is 2. The quantitative estimate of drug-likeness (QED) is 0.139. The van der Waals surface area contributed by atoms with Gasteiger partial charge in [0.25, 0.3) is 0 Å². The number of likely N-dealkylation sites (N-methyl/N-ethyl adjacent to an activating group) is 1. The van der Waals surface area contributed by atoms with Crippen molar-refractivity contribution in [1.82, 2.24) is 31.5 Å². The number of imide groups is 1. The highest BCUT2D eigenvalue weighted by molar-refractivity contribution is 6.05. The molecular weight excluding hydrogens is 488 g/mol. The summed E-state index contributed by atoms with van der Waals surface area (Å²) >= 11 is 0. The van der Waals surface area contributed by atoms with Crippen LogP contribution in [0.5, 0.6) is 0 Å². The molecule has 1 fully saturated rings. The van der Waals surface area contributed by atoms with E-state index in [1.807, 2.05) is 0 Å². The maximum Gasteiger partial charge on any atom is 0.407 e. The molecule has 1 aliphatic rings. The zero-order chi connectivity index (χ0) is 28.1. The van der Waals surface area contributed by atoms with Crippen molar-refractivity contribution in [2.75, 3.05) is 53.0 Å². The molecular formula is C23H42N6O8. The van der Waals surface area contributed by atoms with Gasteiger partial charge in [-0.15, -0.1) is 0 Å². The van der Waals surface area contributed by atoms with Crippen molar-refractivity contribution in [2.45, 2.75) is 58.9 Å². The van der Waals surface area contributed by atoms with Crippen LogP contribution in [0.15, 0.2) is 0 Å². The van der Waals surface area contributed by atoms with E-state index < -0.39 is 6.04 Å². The van der Waals surface area contributed by atoms with E-state index in [9.17, 15) is 28.8 Å². The zero-order valence-corrected chi connectivity index (χ0v) is 22.3. The minimum atomic E-state index is -0.481. The number of hydrogen-bond acceptors (Lipinski definition) is 9. The first kappa shape index (κ1) is 33.6. The van der Waals surface area contributed by atoms with Crippen LogP contribution in [-0.2, 0) is 28.7 Å². The number of carbonyl (C=O) groups excluding carboxylic acids is 6. The number of hydrogen-bond donors (Lipinski definition) is 5. The van der Waals surface area contributed by atoms with Crippen molar-refractivity contribution in [3.8, 4) is 0 Å². The first-order chi connectivity index (χ1) is 17.7. The van der Waals surface area contributed by atoms with Crippen LogP contribution in [0.4, 0.5) is 9.59 Å². The van der Waals surface area contributed by atoms with E-state index in [2.05, 4.69) is 26.6 Å². The molecule has 1 atom stereocenters. The lowest BCUT2D eigenvalue weighted by Gasteiger charge is -2.14. The fourth-order valence-corrected chi connectivity index (χ4v) is 3.06. The standard InChI is InChI=1S/C12H20N4O4.C11H22N2O4/c1-8(17)14-4-5-15-10(18)3-6-16-11(19)7-9(13-2)12(16)20;1-3-16-10(14)12-8-6-5-7-9-13-11(15)17-4-2/h9,13H,3-7H2,1-2H3,(H,14,17)(H,15,18);3-9H2,1-2H3,(H,12,14)(H,13,15). The number of likely N-dealkylation sites (tertiary alicyclic amines) is 1. The SMILES string of the molecule is CCOC(=O)NCCCCCNC(=O)OCC.CNC1CC(=O)N(CCC(=O)NCCNC(C)=O)C1=O. The molecule has 1 rings (SSSR count). The topological polar surface area (TPSA) is 184 Å². The molecule has 5 N–H and O–H groups in total. The van der Waals surface area contributed by atoms with Gasteiger partial charge in [0.2, 0.25) is 23.6 Å². The van der Waals surface area contributed by atoms with Crippen LogP contribution in [0.2, 0.25) is 0 Å². The minimum absolute atomic E-state index is 0.0635. The second-order valence-electron chi connectivity index (χ2n) is 7.87. The highest BCUT2D eigenvalue weighted by Crippen LogP contribution is 2.12. The first-order valence-corrected chi connectivity index (χ1v) is 12.5. The Kier molecular flexibility index (Phi) is 18.8. The Morgan fingerprint density at radius 3 is 1.84 bits per heavy atom. The largest absolute Gasteiger partial charge is 0.450 e. The van der Waals surface area contributed by atoms with E-state index in [0.717, 1.165) is 24.2 Å². The Morgan fingerprint density at radius 1 is 0.838 bits per heavy atom. The molecule has 0 spiro atoms. The first-order valence-electron chi connectivity index (χ1n) is 12.5. The van der Waals surface area contributed by atoms with Gasteiger partial charge in [-0.2, -0.15) is 0 Å². The molecule has 6 amide bonds. The van der Waals surface area contributed by atoms with Crippen molar-refractivity contribution in [3.05, 3.63) is 0 Å². The monoisotopic (exact) mass is 530 g/mol. The number of ether oxygens (including phenoxy) is 2. The third-order valence-electron chi connectivity index (χ3n) is 4.92. The van der Waals surface area contributed by atoms with E-state index in [-0.39, 0.29) is 55.2 Å². The lowest BCUT2D eigenvalue weighted by atomic mass is 10.2. The van der Waals surface area contributed by atoms with Gasteiger partial charge in [-0.1, -0.05) is 0 Å². The molecule has 0 aromatic carbocycles. The lowest BCUT2D eigenvalue weighted by molar-refractivity contribution is -0.139. The molecule has 212 valence electrons. The van der Waals surface area contributed by atoms with E-state index in [0.29, 0.717) is 39.4 Å². The molecule has 37 heavy (non-hydrogen) atoms. The van der Waals surface area contributed by atoms with Crippen molar-refractivity contribution in [3.63, 3.8) is 0 Å². The maximum absolute atomic E-state index is 11.8. The van der Waals surface area contributed by atoms with Gasteiger partial charge in [0.05, 0.1) is 25.7 Å². The predicted molar refractivity (Wildman–Crippen MR) is 134 cm³/mol. The van der Waals surface area contributed by atoms with Crippen LogP contribution >= 0.6 is 0 Å². The lowest BCUT2D eigenvalue weighted by Crippen LogP contribution is -2.40. The fraction of sp³-hybridized carbons (Fsp3) is 0.739. The summed E-state index contributed by atoms with van der Waals surface area (Å²) in [5.41, 5.74) is 0. The zero-order valence-electron chi connectivity index (χ0n) is 22.3. The Labute approximate surface area is 217 Å². The highest BCUT2D eigenvalue weighted by atomic mass is 16.6. The molecule has 0 aromatic heterocycles. The summed E-state index contributed by atoms with van der Waals surface area (Å²) in [4.78, 5) is 68.4. The predicted octanol–water partition coefficient (Wildman–Crippen LogP) is -0.375. The smallest absolute Gasteiger partial charge is 0.407 e. The Morgan fingerprint density at radius 2 is 1.38 bits per heavy atom. The van der Waals surface area contributed by atoms with E-state index in [1.165, 1.54) is 6.92 Å². The second-order valence-corrected chi connectivity index (χ2v) is 7.87. The van der Waals surface area contributed by atoms with Crippen molar-refractivity contribution in [1.29, 1.82) is 0 Å². The summed E-state index contributed by atoms with van der Waals surface area (Å²) in [5, 5.41) is 13.2. The Hall–Kier alpha value is -3.42. The number of nitrogens with one attached hydrogen (secondary N) is 5. The fourth-order valence-electron chi connectivity index (χ4n) is 3.06. The average molecular weight is 531 g/mol. The molecule has 1 heterocycles. The number of amides is 6. The summed E-state index contributed by atoms with van der Waals surface area (Å²) < 4.78 is 9.41. The summed E-state index contributed by atoms with van der Waals surface area (Å²) in [6, 6.07) is -0.481. The number of unbranched alkanes of at least 4 members (excludes halogenated alkanes) is 2. The molecule has 0 saturated carbocycles. The number of rotatable bonds is 15. The van der Waals surface area contributed by atoms with E-state index in [1.54, 1.807) is 20.9 Å². The van der Waals surface area contributed by atoms with Crippen LogP contribution in [-0.4, -0.2) is 99.7 Å². The minimum Gasteiger partial charge on any atom is -0.450 e. The summed E-state index contributed by atoms with van der Waals surface area (Å²) in [6.45, 7) is 7.64. The van der Waals surface area contributed by atoms with Gasteiger partial charge >= 0.3 is 12.2 Å². The van der Waals surface area contributed by atoms with Gasteiger partial charge in [0.15, 0.2) is 0 Å². The molecule has 1 aliphatic heterocycles. The highest BCUT2D eigenvalue weighted by Gasteiger charge is 2.37. The molecule has 1 saturated heterocycles. The van der Waals surface area contributed by atoms with Gasteiger partial charge in [0.1, 0.15) is 0 Å². The average Bonchev–Trinajstić information content (AvgIpc) is 3.12. The van der Waals surface area contributed by atoms with Crippen LogP contribution < -0.4 is 26.6 Å². The number of carbonyl (C=O) groups is 6. The van der Waals surface area contributed by atoms with Gasteiger partial charge in [-0.3, -0.25) is 24.1 Å². The van der Waals surface area contributed by atoms with Gasteiger partial charge in [-0.05, 0) is 40.2 Å². The van der Waals surface area contributed by atoms with Gasteiger partial charge < -0.3 is 36.1 Å². The molecule has 0 aliphatic carbocycles.